The summed E-state index contributed by atoms with van der Waals surface area (Å²) in [6.45, 7) is 8.38. The average molecular weight is 353 g/mol. The summed E-state index contributed by atoms with van der Waals surface area (Å²) >= 11 is 0. The van der Waals surface area contributed by atoms with Gasteiger partial charge in [-0.3, -0.25) is 15.0 Å². The molecule has 0 fully saturated rings. The van der Waals surface area contributed by atoms with Crippen LogP contribution in [0.5, 0.6) is 5.75 Å². The van der Waals surface area contributed by atoms with Crippen molar-refractivity contribution in [1.82, 2.24) is 9.80 Å². The van der Waals surface area contributed by atoms with Crippen LogP contribution in [0.1, 0.15) is 33.3 Å². The molecule has 0 aliphatic rings. The number of nitro groups is 1. The maximum absolute atomic E-state index is 11.5. The van der Waals surface area contributed by atoms with Crippen molar-refractivity contribution in [3.63, 3.8) is 0 Å². The van der Waals surface area contributed by atoms with Crippen molar-refractivity contribution in [2.24, 2.45) is 0 Å². The van der Waals surface area contributed by atoms with E-state index in [9.17, 15) is 20.0 Å². The van der Waals surface area contributed by atoms with Gasteiger partial charge in [0.1, 0.15) is 0 Å². The lowest BCUT2D eigenvalue weighted by atomic mass is 10.0. The van der Waals surface area contributed by atoms with Gasteiger partial charge in [-0.1, -0.05) is 6.07 Å². The molecule has 1 amide bonds. The normalized spacial score (nSPS) is 12.8. The number of hydrogen-bond donors (Lipinski definition) is 1. The summed E-state index contributed by atoms with van der Waals surface area (Å²) in [6.07, 6.45) is -0.964. The van der Waals surface area contributed by atoms with Crippen LogP contribution in [-0.2, 0) is 6.54 Å². The van der Waals surface area contributed by atoms with E-state index in [-0.39, 0.29) is 17.5 Å². The highest BCUT2D eigenvalue weighted by Gasteiger charge is 2.31. The lowest BCUT2D eigenvalue weighted by Gasteiger charge is -2.39. The Labute approximate surface area is 148 Å². The molecule has 8 nitrogen and oxygen atoms in total. The van der Waals surface area contributed by atoms with Gasteiger partial charge in [0.05, 0.1) is 12.0 Å². The minimum Gasteiger partial charge on any atom is -0.490 e. The van der Waals surface area contributed by atoms with E-state index in [1.165, 1.54) is 18.1 Å². The van der Waals surface area contributed by atoms with Crippen molar-refractivity contribution in [3.8, 4) is 5.75 Å². The number of amides is 1. The van der Waals surface area contributed by atoms with Crippen molar-refractivity contribution < 1.29 is 19.6 Å². The number of carboxylic acid groups (broad SMARTS) is 1. The number of hydrogen-bond acceptors (Lipinski definition) is 5. The lowest BCUT2D eigenvalue weighted by molar-refractivity contribution is -0.385. The highest BCUT2D eigenvalue weighted by Crippen LogP contribution is 2.28. The predicted molar refractivity (Wildman–Crippen MR) is 95.1 cm³/mol. The third kappa shape index (κ3) is 5.60. The summed E-state index contributed by atoms with van der Waals surface area (Å²) in [5, 5.41) is 20.6. The molecule has 25 heavy (non-hydrogen) atoms. The predicted octanol–water partition coefficient (Wildman–Crippen LogP) is 3.20. The first-order valence-corrected chi connectivity index (χ1v) is 7.99. The minimum atomic E-state index is -0.964. The van der Waals surface area contributed by atoms with Gasteiger partial charge in [-0.05, 0) is 46.4 Å². The molecule has 1 atom stereocenters. The number of methoxy groups -OCH3 is 1. The van der Waals surface area contributed by atoms with Crippen LogP contribution >= 0.6 is 0 Å². The van der Waals surface area contributed by atoms with Gasteiger partial charge in [0, 0.05) is 30.7 Å². The first-order valence-electron chi connectivity index (χ1n) is 7.99. The Hall–Kier alpha value is -2.35. The zero-order valence-electron chi connectivity index (χ0n) is 15.6. The Balaban J connectivity index is 2.86. The molecule has 8 heteroatoms. The largest absolute Gasteiger partial charge is 0.490 e. The van der Waals surface area contributed by atoms with Crippen LogP contribution in [-0.4, -0.2) is 58.2 Å². The van der Waals surface area contributed by atoms with Gasteiger partial charge in [-0.15, -0.1) is 0 Å². The number of nitrogens with zero attached hydrogens (tertiary/aromatic N) is 3. The Kier molecular flexibility index (Phi) is 6.75. The fourth-order valence-electron chi connectivity index (χ4n) is 3.02. The summed E-state index contributed by atoms with van der Waals surface area (Å²) < 4.78 is 5.00. The first kappa shape index (κ1) is 20.7. The van der Waals surface area contributed by atoms with E-state index in [4.69, 9.17) is 4.74 Å². The Morgan fingerprint density at radius 2 is 2.00 bits per heavy atom. The molecule has 0 unspecified atom stereocenters. The molecule has 1 N–H and O–H groups in total. The topological polar surface area (TPSA) is 96.2 Å². The number of benzene rings is 1. The van der Waals surface area contributed by atoms with Crippen molar-refractivity contribution >= 4 is 11.8 Å². The molecule has 1 aromatic carbocycles. The quantitative estimate of drug-likeness (QED) is 0.597. The molecule has 0 spiro atoms. The molecular weight excluding hydrogens is 326 g/mol. The standard InChI is InChI=1S/C17H27N3O5/c1-12(19(16(21)22)17(2,3)4)10-18(5)11-13-7-8-15(25-6)14(9-13)20(23)24/h7-9,12H,10-11H2,1-6H3,(H,21,22)/t12-/m1/s1. The minimum absolute atomic E-state index is 0.0803. The van der Waals surface area contributed by atoms with E-state index in [0.29, 0.717) is 13.1 Å². The van der Waals surface area contributed by atoms with Gasteiger partial charge in [0.25, 0.3) is 0 Å². The highest BCUT2D eigenvalue weighted by atomic mass is 16.6. The number of likely N-dealkylation sites (N-methyl/N-ethyl adjacent to an activating group) is 1. The molecule has 0 aromatic heterocycles. The van der Waals surface area contributed by atoms with Crippen molar-refractivity contribution in [2.75, 3.05) is 20.7 Å². The third-order valence-corrected chi connectivity index (χ3v) is 3.84. The summed E-state index contributed by atoms with van der Waals surface area (Å²) in [7, 11) is 3.25. The number of nitro benzene ring substituents is 1. The van der Waals surface area contributed by atoms with Crippen LogP contribution in [0.3, 0.4) is 0 Å². The Morgan fingerprint density at radius 3 is 2.44 bits per heavy atom. The Morgan fingerprint density at radius 1 is 1.40 bits per heavy atom. The van der Waals surface area contributed by atoms with Crippen LogP contribution in [0.2, 0.25) is 0 Å². The molecule has 0 aliphatic heterocycles. The third-order valence-electron chi connectivity index (χ3n) is 3.84. The highest BCUT2D eigenvalue weighted by molar-refractivity contribution is 5.66. The van der Waals surface area contributed by atoms with E-state index < -0.39 is 16.6 Å². The van der Waals surface area contributed by atoms with E-state index in [0.717, 1.165) is 5.56 Å². The molecular formula is C17H27N3O5. The van der Waals surface area contributed by atoms with E-state index in [1.54, 1.807) is 12.1 Å². The molecule has 0 saturated heterocycles. The number of carbonyl (C=O) groups is 1. The molecule has 1 aromatic rings. The van der Waals surface area contributed by atoms with E-state index in [2.05, 4.69) is 0 Å². The van der Waals surface area contributed by atoms with Gasteiger partial charge in [-0.25, -0.2) is 4.79 Å². The van der Waals surface area contributed by atoms with Crippen molar-refractivity contribution in [1.29, 1.82) is 0 Å². The summed E-state index contributed by atoms with van der Waals surface area (Å²) in [5.74, 6) is 0.217. The fraction of sp³-hybridized carbons (Fsp3) is 0.588. The second-order valence-corrected chi connectivity index (χ2v) is 7.13. The first-order chi connectivity index (χ1) is 11.5. The molecule has 0 bridgehead atoms. The zero-order chi connectivity index (χ0) is 19.4. The van der Waals surface area contributed by atoms with Crippen LogP contribution in [0.15, 0.2) is 18.2 Å². The second kappa shape index (κ2) is 8.15. The van der Waals surface area contributed by atoms with Crippen molar-refractivity contribution in [2.45, 2.75) is 45.8 Å². The fourth-order valence-corrected chi connectivity index (χ4v) is 3.02. The average Bonchev–Trinajstić information content (AvgIpc) is 2.44. The van der Waals surface area contributed by atoms with E-state index in [1.807, 2.05) is 39.6 Å². The molecule has 140 valence electrons. The Bertz CT molecular complexity index is 627. The molecule has 0 heterocycles. The summed E-state index contributed by atoms with van der Waals surface area (Å²) in [6, 6.07) is 4.60. The maximum Gasteiger partial charge on any atom is 0.408 e. The molecule has 0 radical (unpaired) electrons. The maximum atomic E-state index is 11.5. The molecule has 0 aliphatic carbocycles. The number of ether oxygens (including phenoxy) is 1. The summed E-state index contributed by atoms with van der Waals surface area (Å²) in [4.78, 5) is 25.5. The molecule has 0 saturated carbocycles. The smallest absolute Gasteiger partial charge is 0.408 e. The SMILES string of the molecule is COc1ccc(CN(C)C[C@@H](C)N(C(=O)O)C(C)(C)C)cc1[N+](=O)[O-]. The summed E-state index contributed by atoms with van der Waals surface area (Å²) in [5.41, 5.74) is 0.175. The van der Waals surface area contributed by atoms with Crippen LogP contribution in [0.4, 0.5) is 10.5 Å². The monoisotopic (exact) mass is 353 g/mol. The second-order valence-electron chi connectivity index (χ2n) is 7.13. The van der Waals surface area contributed by atoms with Crippen LogP contribution < -0.4 is 4.74 Å². The van der Waals surface area contributed by atoms with Gasteiger partial charge in [-0.2, -0.15) is 0 Å². The van der Waals surface area contributed by atoms with Gasteiger partial charge >= 0.3 is 11.8 Å². The van der Waals surface area contributed by atoms with E-state index >= 15 is 0 Å². The zero-order valence-corrected chi connectivity index (χ0v) is 15.6. The van der Waals surface area contributed by atoms with Crippen molar-refractivity contribution in [3.05, 3.63) is 33.9 Å². The molecule has 1 rings (SSSR count). The van der Waals surface area contributed by atoms with Gasteiger partial charge in [0.15, 0.2) is 5.75 Å². The lowest BCUT2D eigenvalue weighted by Crippen LogP contribution is -2.53. The van der Waals surface area contributed by atoms with Gasteiger partial charge < -0.3 is 14.7 Å². The van der Waals surface area contributed by atoms with Gasteiger partial charge in [0.2, 0.25) is 0 Å². The number of rotatable bonds is 7. The van der Waals surface area contributed by atoms with Crippen LogP contribution in [0.25, 0.3) is 0 Å². The van der Waals surface area contributed by atoms with Crippen LogP contribution in [0, 0.1) is 10.1 Å².